The molecule has 0 unspecified atom stereocenters. The van der Waals surface area contributed by atoms with Gasteiger partial charge in [-0.2, -0.15) is 5.10 Å². The average Bonchev–Trinajstić information content (AvgIpc) is 2.98. The van der Waals surface area contributed by atoms with Crippen LogP contribution in [0.2, 0.25) is 0 Å². The molecule has 124 valence electrons. The van der Waals surface area contributed by atoms with Crippen LogP contribution in [0.1, 0.15) is 11.1 Å². The molecule has 0 saturated carbocycles. The fourth-order valence-electron chi connectivity index (χ4n) is 2.34. The van der Waals surface area contributed by atoms with Crippen LogP contribution in [0.3, 0.4) is 0 Å². The molecule has 0 fully saturated rings. The molecule has 0 aliphatic heterocycles. The largest absolute Gasteiger partial charge is 0.375 e. The molecule has 2 aromatic heterocycles. The van der Waals surface area contributed by atoms with Crippen LogP contribution < -0.4 is 11.0 Å². The van der Waals surface area contributed by atoms with Gasteiger partial charge in [-0.25, -0.2) is 14.3 Å². The predicted molar refractivity (Wildman–Crippen MR) is 88.8 cm³/mol. The monoisotopic (exact) mass is 327 g/mol. The van der Waals surface area contributed by atoms with Gasteiger partial charge in [-0.05, 0) is 37.1 Å². The fraction of sp³-hybridized carbons (Fsp3) is 0.250. The van der Waals surface area contributed by atoms with Crippen molar-refractivity contribution in [2.24, 2.45) is 0 Å². The highest BCUT2D eigenvalue weighted by Crippen LogP contribution is 2.16. The maximum atomic E-state index is 12.4. The molecule has 0 radical (unpaired) electrons. The first kappa shape index (κ1) is 15.9. The van der Waals surface area contributed by atoms with Crippen molar-refractivity contribution in [3.05, 3.63) is 52.2 Å². The Morgan fingerprint density at radius 3 is 2.79 bits per heavy atom. The third-order valence-corrected chi connectivity index (χ3v) is 3.74. The van der Waals surface area contributed by atoms with Crippen LogP contribution in [-0.2, 0) is 9.53 Å². The Balaban J connectivity index is 2.05. The molecule has 1 aromatic carbocycles. The van der Waals surface area contributed by atoms with Gasteiger partial charge >= 0.3 is 0 Å². The number of aromatic nitrogens is 4. The molecular weight excluding hydrogens is 310 g/mol. The number of benzene rings is 1. The Hall–Kier alpha value is -3.00. The summed E-state index contributed by atoms with van der Waals surface area (Å²) in [6.07, 6.45) is 2.70. The number of methoxy groups -OCH3 is 1. The zero-order chi connectivity index (χ0) is 17.3. The van der Waals surface area contributed by atoms with E-state index < -0.39 is 11.5 Å². The van der Waals surface area contributed by atoms with Crippen LogP contribution in [0.15, 0.2) is 35.5 Å². The number of nitrogens with one attached hydrogen (secondary N) is 1. The Bertz CT molecular complexity index is 973. The number of carbonyl (C=O) groups excluding carboxylic acids is 1. The number of rotatable bonds is 4. The molecule has 8 heteroatoms. The zero-order valence-electron chi connectivity index (χ0n) is 13.6. The van der Waals surface area contributed by atoms with E-state index in [1.165, 1.54) is 25.2 Å². The van der Waals surface area contributed by atoms with E-state index in [0.717, 1.165) is 15.9 Å². The first-order valence-corrected chi connectivity index (χ1v) is 7.33. The highest BCUT2D eigenvalue weighted by molar-refractivity contribution is 5.85. The second-order valence-electron chi connectivity index (χ2n) is 5.45. The van der Waals surface area contributed by atoms with E-state index in [1.807, 2.05) is 32.0 Å². The molecule has 1 N–H and O–H groups in total. The highest BCUT2D eigenvalue weighted by atomic mass is 16.5. The van der Waals surface area contributed by atoms with Crippen LogP contribution in [0, 0.1) is 13.8 Å². The molecular formula is C16H17N5O3. The van der Waals surface area contributed by atoms with Gasteiger partial charge in [0.15, 0.2) is 5.65 Å². The Labute approximate surface area is 137 Å². The van der Waals surface area contributed by atoms with Gasteiger partial charge in [0.2, 0.25) is 0 Å². The Kier molecular flexibility index (Phi) is 4.13. The lowest BCUT2D eigenvalue weighted by molar-refractivity contribution is -0.120. The quantitative estimate of drug-likeness (QED) is 0.769. The summed E-state index contributed by atoms with van der Waals surface area (Å²) in [6, 6.07) is 5.89. The molecule has 1 amide bonds. The van der Waals surface area contributed by atoms with Gasteiger partial charge in [0.05, 0.1) is 11.9 Å². The van der Waals surface area contributed by atoms with Crippen molar-refractivity contribution in [2.45, 2.75) is 13.8 Å². The van der Waals surface area contributed by atoms with Crippen LogP contribution in [0.4, 0.5) is 0 Å². The molecule has 2 heterocycles. The maximum absolute atomic E-state index is 12.4. The smallest absolute Gasteiger partial charge is 0.283 e. The number of nitrogens with zero attached hydrogens (tertiary/aromatic N) is 4. The van der Waals surface area contributed by atoms with Crippen molar-refractivity contribution >= 4 is 16.9 Å². The van der Waals surface area contributed by atoms with Crippen molar-refractivity contribution in [2.75, 3.05) is 19.1 Å². The predicted octanol–water partition coefficient (Wildman–Crippen LogP) is 0.916. The first-order chi connectivity index (χ1) is 11.5. The second-order valence-corrected chi connectivity index (χ2v) is 5.45. The summed E-state index contributed by atoms with van der Waals surface area (Å²) in [5.74, 6) is -0.442. The van der Waals surface area contributed by atoms with E-state index in [9.17, 15) is 9.59 Å². The summed E-state index contributed by atoms with van der Waals surface area (Å²) in [4.78, 5) is 28.3. The Morgan fingerprint density at radius 1 is 1.29 bits per heavy atom. The minimum Gasteiger partial charge on any atom is -0.375 e. The fourth-order valence-corrected chi connectivity index (χ4v) is 2.34. The van der Waals surface area contributed by atoms with E-state index in [0.29, 0.717) is 11.0 Å². The van der Waals surface area contributed by atoms with Gasteiger partial charge in [0.1, 0.15) is 18.3 Å². The van der Waals surface area contributed by atoms with Crippen molar-refractivity contribution in [1.29, 1.82) is 0 Å². The number of hydrogen-bond donors (Lipinski definition) is 1. The van der Waals surface area contributed by atoms with Crippen molar-refractivity contribution in [3.63, 3.8) is 0 Å². The number of hydrogen-bond acceptors (Lipinski definition) is 5. The summed E-state index contributed by atoms with van der Waals surface area (Å²) >= 11 is 0. The minimum atomic E-state index is -0.442. The summed E-state index contributed by atoms with van der Waals surface area (Å²) < 4.78 is 7.35. The minimum absolute atomic E-state index is 0.146. The van der Waals surface area contributed by atoms with Crippen molar-refractivity contribution < 1.29 is 9.53 Å². The number of carbonyl (C=O) groups is 1. The van der Waals surface area contributed by atoms with Gasteiger partial charge in [0, 0.05) is 7.11 Å². The van der Waals surface area contributed by atoms with Crippen molar-refractivity contribution in [1.82, 2.24) is 19.4 Å². The number of amides is 1. The molecule has 0 bridgehead atoms. The zero-order valence-corrected chi connectivity index (χ0v) is 13.6. The summed E-state index contributed by atoms with van der Waals surface area (Å²) in [7, 11) is 1.40. The lowest BCUT2D eigenvalue weighted by Crippen LogP contribution is -2.34. The van der Waals surface area contributed by atoms with Crippen LogP contribution in [0.5, 0.6) is 0 Å². The van der Waals surface area contributed by atoms with E-state index in [-0.39, 0.29) is 6.61 Å². The molecule has 0 atom stereocenters. The van der Waals surface area contributed by atoms with E-state index >= 15 is 0 Å². The molecule has 0 spiro atoms. The van der Waals surface area contributed by atoms with Gasteiger partial charge in [-0.1, -0.05) is 6.07 Å². The summed E-state index contributed by atoms with van der Waals surface area (Å²) in [5, 5.41) is 4.57. The van der Waals surface area contributed by atoms with E-state index in [1.54, 1.807) is 4.68 Å². The lowest BCUT2D eigenvalue weighted by Gasteiger charge is -2.08. The van der Waals surface area contributed by atoms with Crippen molar-refractivity contribution in [3.8, 4) is 5.69 Å². The lowest BCUT2D eigenvalue weighted by atomic mass is 10.1. The molecule has 24 heavy (non-hydrogen) atoms. The SMILES string of the molecule is COCC(=O)Nn1cnc2c(cnn2-c2ccc(C)c(C)c2)c1=O. The molecule has 0 aliphatic carbocycles. The van der Waals surface area contributed by atoms with E-state index in [2.05, 4.69) is 15.5 Å². The average molecular weight is 327 g/mol. The van der Waals surface area contributed by atoms with Crippen LogP contribution in [0.25, 0.3) is 16.7 Å². The number of aryl methyl sites for hydroxylation is 2. The van der Waals surface area contributed by atoms with Gasteiger partial charge in [-0.3, -0.25) is 15.0 Å². The molecule has 3 aromatic rings. The number of fused-ring (bicyclic) bond motifs is 1. The molecule has 0 saturated heterocycles. The second kappa shape index (κ2) is 6.25. The highest BCUT2D eigenvalue weighted by Gasteiger charge is 2.13. The van der Waals surface area contributed by atoms with E-state index in [4.69, 9.17) is 4.74 Å². The summed E-state index contributed by atoms with van der Waals surface area (Å²) in [6.45, 7) is 3.89. The normalized spacial score (nSPS) is 11.0. The third kappa shape index (κ3) is 2.79. The molecule has 3 rings (SSSR count). The van der Waals surface area contributed by atoms with Gasteiger partial charge in [-0.15, -0.1) is 0 Å². The topological polar surface area (TPSA) is 91.0 Å². The third-order valence-electron chi connectivity index (χ3n) is 3.74. The van der Waals surface area contributed by atoms with Crippen LogP contribution >= 0.6 is 0 Å². The van der Waals surface area contributed by atoms with Gasteiger partial charge < -0.3 is 4.74 Å². The van der Waals surface area contributed by atoms with Gasteiger partial charge in [0.25, 0.3) is 11.5 Å². The number of ether oxygens (including phenoxy) is 1. The molecule has 0 aliphatic rings. The maximum Gasteiger partial charge on any atom is 0.283 e. The summed E-state index contributed by atoms with van der Waals surface area (Å²) in [5.41, 5.74) is 5.55. The Morgan fingerprint density at radius 2 is 2.08 bits per heavy atom. The standard InChI is InChI=1S/C16H17N5O3/c1-10-4-5-12(6-11(10)2)21-15-13(7-18-21)16(23)20(9-17-15)19-14(22)8-24-3/h4-7,9H,8H2,1-3H3,(H,19,22). The molecule has 8 nitrogen and oxygen atoms in total. The van der Waals surface area contributed by atoms with Crippen LogP contribution in [-0.4, -0.2) is 39.1 Å². The first-order valence-electron chi connectivity index (χ1n) is 7.33.